The van der Waals surface area contributed by atoms with Crippen LogP contribution in [0.15, 0.2) is 30.5 Å². The van der Waals surface area contributed by atoms with Crippen molar-refractivity contribution in [3.8, 4) is 5.75 Å². The van der Waals surface area contributed by atoms with E-state index < -0.39 is 5.82 Å². The highest BCUT2D eigenvalue weighted by Gasteiger charge is 2.11. The molecule has 0 fully saturated rings. The summed E-state index contributed by atoms with van der Waals surface area (Å²) < 4.78 is 19.0. The number of benzene rings is 1. The van der Waals surface area contributed by atoms with Gasteiger partial charge in [-0.2, -0.15) is 0 Å². The molecule has 6 heteroatoms. The second-order valence-corrected chi connectivity index (χ2v) is 4.86. The molecule has 0 saturated heterocycles. The molecule has 0 unspecified atom stereocenters. The molecule has 1 aromatic heterocycles. The van der Waals surface area contributed by atoms with Gasteiger partial charge >= 0.3 is 0 Å². The molecule has 3 N–H and O–H groups in total. The molecule has 110 valence electrons. The molecule has 21 heavy (non-hydrogen) atoms. The maximum atomic E-state index is 13.8. The highest BCUT2D eigenvalue weighted by molar-refractivity contribution is 7.80. The number of nitrogens with one attached hydrogen (secondary N) is 1. The molecule has 0 radical (unpaired) electrons. The first-order valence-electron chi connectivity index (χ1n) is 6.47. The largest absolute Gasteiger partial charge is 0.491 e. The van der Waals surface area contributed by atoms with Crippen LogP contribution in [0.4, 0.5) is 15.9 Å². The summed E-state index contributed by atoms with van der Waals surface area (Å²) in [4.78, 5) is 4.46. The summed E-state index contributed by atoms with van der Waals surface area (Å²) in [5.74, 6) is 0.284. The molecule has 0 aliphatic heterocycles. The Morgan fingerprint density at radius 1 is 1.43 bits per heavy atom. The number of aromatic nitrogens is 1. The zero-order valence-electron chi connectivity index (χ0n) is 11.8. The molecule has 2 rings (SSSR count). The van der Waals surface area contributed by atoms with Crippen LogP contribution in [0.2, 0.25) is 0 Å². The van der Waals surface area contributed by atoms with Crippen molar-refractivity contribution >= 4 is 28.7 Å². The van der Waals surface area contributed by atoms with Gasteiger partial charge < -0.3 is 15.8 Å². The number of hydrogen-bond donors (Lipinski definition) is 2. The maximum absolute atomic E-state index is 13.8. The summed E-state index contributed by atoms with van der Waals surface area (Å²) in [6, 6.07) is 6.44. The van der Waals surface area contributed by atoms with Gasteiger partial charge in [0.25, 0.3) is 0 Å². The molecular formula is C15H16FN3OS. The van der Waals surface area contributed by atoms with E-state index in [-0.39, 0.29) is 10.7 Å². The van der Waals surface area contributed by atoms with Gasteiger partial charge in [-0.15, -0.1) is 0 Å². The fraction of sp³-hybridized carbons (Fsp3) is 0.200. The minimum Gasteiger partial charge on any atom is -0.491 e. The Kier molecular flexibility index (Phi) is 4.70. The summed E-state index contributed by atoms with van der Waals surface area (Å²) in [6.45, 7) is 4.10. The van der Waals surface area contributed by atoms with E-state index in [0.717, 1.165) is 5.56 Å². The molecule has 0 saturated carbocycles. The Hall–Kier alpha value is -2.21. The number of thiocarbonyl (C=S) groups is 1. The number of ether oxygens (including phenoxy) is 1. The Bertz CT molecular complexity index is 676. The van der Waals surface area contributed by atoms with Crippen LogP contribution in [0.5, 0.6) is 5.75 Å². The Morgan fingerprint density at radius 3 is 2.81 bits per heavy atom. The summed E-state index contributed by atoms with van der Waals surface area (Å²) in [6.07, 6.45) is 1.64. The first-order chi connectivity index (χ1) is 10.0. The predicted octanol–water partition coefficient (Wildman–Crippen LogP) is 3.31. The molecule has 0 atom stereocenters. The minimum absolute atomic E-state index is 0.217. The summed E-state index contributed by atoms with van der Waals surface area (Å²) >= 11 is 5.04. The molecule has 0 spiro atoms. The minimum atomic E-state index is -0.439. The fourth-order valence-corrected chi connectivity index (χ4v) is 2.21. The lowest BCUT2D eigenvalue weighted by Crippen LogP contribution is -2.14. The van der Waals surface area contributed by atoms with Crippen LogP contribution in [-0.4, -0.2) is 16.6 Å². The van der Waals surface area contributed by atoms with Gasteiger partial charge in [0.1, 0.15) is 10.8 Å². The van der Waals surface area contributed by atoms with Crippen LogP contribution in [0, 0.1) is 12.7 Å². The molecule has 0 amide bonds. The molecule has 1 aromatic carbocycles. The van der Waals surface area contributed by atoms with Crippen LogP contribution >= 0.6 is 12.2 Å². The van der Waals surface area contributed by atoms with Crippen LogP contribution in [0.1, 0.15) is 18.1 Å². The standard InChI is InChI=1S/C15H16FN3OS/c1-3-20-12-5-4-10(8-11(12)16)19-15-13(14(17)21)9(2)6-7-18-15/h4-8H,3H2,1-2H3,(H2,17,21)(H,18,19). The van der Waals surface area contributed by atoms with Crippen molar-refractivity contribution < 1.29 is 9.13 Å². The molecule has 0 bridgehead atoms. The van der Waals surface area contributed by atoms with Gasteiger partial charge in [-0.3, -0.25) is 0 Å². The van der Waals surface area contributed by atoms with Crippen molar-refractivity contribution in [2.75, 3.05) is 11.9 Å². The van der Waals surface area contributed by atoms with Gasteiger partial charge in [-0.05, 0) is 37.6 Å². The molecule has 2 aromatic rings. The monoisotopic (exact) mass is 305 g/mol. The number of hydrogen-bond acceptors (Lipinski definition) is 4. The van der Waals surface area contributed by atoms with Crippen molar-refractivity contribution in [2.24, 2.45) is 5.73 Å². The lowest BCUT2D eigenvalue weighted by Gasteiger charge is -2.13. The molecular weight excluding hydrogens is 289 g/mol. The predicted molar refractivity (Wildman–Crippen MR) is 85.7 cm³/mol. The van der Waals surface area contributed by atoms with E-state index in [4.69, 9.17) is 22.7 Å². The van der Waals surface area contributed by atoms with E-state index in [1.807, 2.05) is 13.0 Å². The highest BCUT2D eigenvalue weighted by Crippen LogP contribution is 2.25. The van der Waals surface area contributed by atoms with E-state index in [9.17, 15) is 4.39 Å². The van der Waals surface area contributed by atoms with Crippen molar-refractivity contribution in [2.45, 2.75) is 13.8 Å². The maximum Gasteiger partial charge on any atom is 0.167 e. The third-order valence-corrected chi connectivity index (χ3v) is 3.10. The zero-order valence-corrected chi connectivity index (χ0v) is 12.6. The lowest BCUT2D eigenvalue weighted by atomic mass is 10.1. The van der Waals surface area contributed by atoms with Crippen LogP contribution < -0.4 is 15.8 Å². The number of anilines is 2. The smallest absolute Gasteiger partial charge is 0.167 e. The summed E-state index contributed by atoms with van der Waals surface area (Å²) in [5.41, 5.74) is 7.83. The van der Waals surface area contributed by atoms with Crippen molar-refractivity contribution in [3.05, 3.63) is 47.4 Å². The van der Waals surface area contributed by atoms with Gasteiger partial charge in [0.2, 0.25) is 0 Å². The lowest BCUT2D eigenvalue weighted by molar-refractivity contribution is 0.321. The number of aryl methyl sites for hydroxylation is 1. The Balaban J connectivity index is 2.33. The number of halogens is 1. The van der Waals surface area contributed by atoms with Gasteiger partial charge in [0, 0.05) is 18.0 Å². The molecule has 4 nitrogen and oxygen atoms in total. The van der Waals surface area contributed by atoms with Crippen LogP contribution in [0.25, 0.3) is 0 Å². The second kappa shape index (κ2) is 6.49. The van der Waals surface area contributed by atoms with E-state index in [1.165, 1.54) is 6.07 Å². The van der Waals surface area contributed by atoms with Gasteiger partial charge in [0.15, 0.2) is 11.6 Å². The van der Waals surface area contributed by atoms with E-state index >= 15 is 0 Å². The first-order valence-corrected chi connectivity index (χ1v) is 6.88. The third kappa shape index (κ3) is 3.46. The molecule has 0 aliphatic rings. The van der Waals surface area contributed by atoms with Crippen LogP contribution in [0.3, 0.4) is 0 Å². The number of pyridine rings is 1. The number of rotatable bonds is 5. The topological polar surface area (TPSA) is 60.2 Å². The van der Waals surface area contributed by atoms with Gasteiger partial charge in [-0.1, -0.05) is 12.2 Å². The number of nitrogens with zero attached hydrogens (tertiary/aromatic N) is 1. The highest BCUT2D eigenvalue weighted by atomic mass is 32.1. The third-order valence-electron chi connectivity index (χ3n) is 2.90. The average Bonchev–Trinajstić information content (AvgIpc) is 2.41. The average molecular weight is 305 g/mol. The van der Waals surface area contributed by atoms with Crippen molar-refractivity contribution in [3.63, 3.8) is 0 Å². The Morgan fingerprint density at radius 2 is 2.19 bits per heavy atom. The van der Waals surface area contributed by atoms with E-state index in [0.29, 0.717) is 23.7 Å². The van der Waals surface area contributed by atoms with E-state index in [2.05, 4.69) is 10.3 Å². The first kappa shape index (κ1) is 15.2. The molecule has 1 heterocycles. The van der Waals surface area contributed by atoms with Gasteiger partial charge in [-0.25, -0.2) is 9.37 Å². The quantitative estimate of drug-likeness (QED) is 0.830. The summed E-state index contributed by atoms with van der Waals surface area (Å²) in [7, 11) is 0. The number of nitrogens with two attached hydrogens (primary N) is 1. The van der Waals surface area contributed by atoms with E-state index in [1.54, 1.807) is 25.3 Å². The van der Waals surface area contributed by atoms with Crippen molar-refractivity contribution in [1.82, 2.24) is 4.98 Å². The van der Waals surface area contributed by atoms with Gasteiger partial charge in [0.05, 0.1) is 12.2 Å². The van der Waals surface area contributed by atoms with Crippen LogP contribution in [-0.2, 0) is 0 Å². The normalized spacial score (nSPS) is 10.2. The Labute approximate surface area is 128 Å². The summed E-state index contributed by atoms with van der Waals surface area (Å²) in [5, 5.41) is 3.03. The molecule has 0 aliphatic carbocycles. The SMILES string of the molecule is CCOc1ccc(Nc2nccc(C)c2C(N)=S)cc1F. The fourth-order valence-electron chi connectivity index (χ4n) is 1.95. The van der Waals surface area contributed by atoms with Crippen molar-refractivity contribution in [1.29, 1.82) is 0 Å². The zero-order chi connectivity index (χ0) is 15.4. The second-order valence-electron chi connectivity index (χ2n) is 4.42.